The molecule has 332 valence electrons. The molecule has 3 fully saturated rings. The maximum atomic E-state index is 15.9. The van der Waals surface area contributed by atoms with Crippen molar-refractivity contribution < 1.29 is 32.7 Å². The highest BCUT2D eigenvalue weighted by molar-refractivity contribution is 6.05. The molecule has 0 saturated carbocycles. The predicted octanol–water partition coefficient (Wildman–Crippen LogP) is 4.30. The summed E-state index contributed by atoms with van der Waals surface area (Å²) in [4.78, 5) is 67.2. The topological polar surface area (TPSA) is 184 Å². The average molecular weight is 882 g/mol. The average Bonchev–Trinajstić information content (AvgIpc) is 3.85. The molecule has 16 nitrogen and oxygen atoms in total. The number of nitrogen functional groups attached to an aromatic ring is 1. The summed E-state index contributed by atoms with van der Waals surface area (Å²) in [6.45, 7) is 6.32. The van der Waals surface area contributed by atoms with Gasteiger partial charge in [-0.2, -0.15) is 5.10 Å². The van der Waals surface area contributed by atoms with E-state index >= 15 is 4.39 Å². The Kier molecular flexibility index (Phi) is 10.8. The number of nitrogens with zero attached hydrogens (tertiary/aromatic N) is 8. The van der Waals surface area contributed by atoms with Crippen molar-refractivity contribution in [1.82, 2.24) is 40.2 Å². The first-order valence-corrected chi connectivity index (χ1v) is 21.5. The number of halogens is 2. The van der Waals surface area contributed by atoms with E-state index in [9.17, 15) is 23.6 Å². The van der Waals surface area contributed by atoms with E-state index in [0.717, 1.165) is 68.7 Å². The van der Waals surface area contributed by atoms with Gasteiger partial charge in [0.1, 0.15) is 41.3 Å². The summed E-state index contributed by atoms with van der Waals surface area (Å²) < 4.78 is 36.6. The van der Waals surface area contributed by atoms with Gasteiger partial charge in [0.05, 0.1) is 29.4 Å². The van der Waals surface area contributed by atoms with Gasteiger partial charge in [-0.15, -0.1) is 0 Å². The third-order valence-corrected chi connectivity index (χ3v) is 12.8. The van der Waals surface area contributed by atoms with Crippen molar-refractivity contribution in [3.63, 3.8) is 0 Å². The fourth-order valence-electron chi connectivity index (χ4n) is 9.35. The number of nitrogens with one attached hydrogen (secondary N) is 2. The maximum Gasteiger partial charge on any atom is 0.255 e. The standard InChI is InChI=1S/C47H45F2N11O5/c1-65-39-12-6-31(48)19-35(39)45(62)51-21-27-2-4-29(5-3-27)42-41-43(50)52-26-53-44(41)60(55-42)33-8-10-37(36(49)20-33)58-23-28(24-58)22-56-14-16-57(17-15-56)32-7-9-34-30(18-32)25-59(47(34)64)38-11-13-40(61)54-46(38)63/h2-10,12,18-20,26,28,38H,11,13-17,21-25H2,1H3,(H,51,62)(H2,50,52,53)(H,54,61,63)/t38-/m0/s1. The maximum absolute atomic E-state index is 15.9. The molecule has 10 rings (SSSR count). The van der Waals surface area contributed by atoms with Crippen molar-refractivity contribution in [2.45, 2.75) is 32.0 Å². The zero-order valence-electron chi connectivity index (χ0n) is 35.5. The lowest BCUT2D eigenvalue weighted by molar-refractivity contribution is -0.136. The van der Waals surface area contributed by atoms with Crippen LogP contribution in [0, 0.1) is 17.6 Å². The van der Waals surface area contributed by atoms with Crippen LogP contribution in [-0.2, 0) is 22.7 Å². The number of nitrogens with two attached hydrogens (primary N) is 1. The van der Waals surface area contributed by atoms with Crippen LogP contribution in [0.5, 0.6) is 5.75 Å². The number of benzene rings is 4. The highest BCUT2D eigenvalue weighted by Gasteiger charge is 2.39. The van der Waals surface area contributed by atoms with Crippen LogP contribution in [0.3, 0.4) is 0 Å². The lowest BCUT2D eigenvalue weighted by atomic mass is 9.97. The molecule has 4 aliphatic heterocycles. The molecule has 2 aromatic heterocycles. The Morgan fingerprint density at radius 1 is 0.908 bits per heavy atom. The van der Waals surface area contributed by atoms with Crippen LogP contribution < -0.4 is 30.9 Å². The first-order chi connectivity index (χ1) is 31.5. The number of anilines is 3. The minimum absolute atomic E-state index is 0.0943. The van der Waals surface area contributed by atoms with E-state index < -0.39 is 23.7 Å². The van der Waals surface area contributed by atoms with Crippen LogP contribution in [0.25, 0.3) is 28.0 Å². The molecule has 4 aliphatic rings. The molecule has 3 saturated heterocycles. The molecular formula is C47H45F2N11O5. The molecule has 1 atom stereocenters. The third kappa shape index (κ3) is 7.94. The van der Waals surface area contributed by atoms with E-state index in [1.54, 1.807) is 15.6 Å². The van der Waals surface area contributed by atoms with E-state index in [-0.39, 0.29) is 47.7 Å². The number of hydrogen-bond acceptors (Lipinski definition) is 12. The van der Waals surface area contributed by atoms with Crippen molar-refractivity contribution in [2.75, 3.05) is 68.5 Å². The summed E-state index contributed by atoms with van der Waals surface area (Å²) in [5, 5.41) is 10.5. The van der Waals surface area contributed by atoms with Gasteiger partial charge in [0.25, 0.3) is 11.8 Å². The van der Waals surface area contributed by atoms with Gasteiger partial charge in [-0.25, -0.2) is 23.4 Å². The summed E-state index contributed by atoms with van der Waals surface area (Å²) in [7, 11) is 1.42. The monoisotopic (exact) mass is 881 g/mol. The van der Waals surface area contributed by atoms with Crippen molar-refractivity contribution in [2.24, 2.45) is 5.92 Å². The van der Waals surface area contributed by atoms with Gasteiger partial charge in [-0.1, -0.05) is 24.3 Å². The molecule has 0 radical (unpaired) electrons. The molecule has 6 heterocycles. The number of fused-ring (bicyclic) bond motifs is 2. The summed E-state index contributed by atoms with van der Waals surface area (Å²) in [6, 6.07) is 21.4. The number of piperidine rings is 1. The van der Waals surface area contributed by atoms with Crippen molar-refractivity contribution in [3.8, 4) is 22.7 Å². The first kappa shape index (κ1) is 41.5. The van der Waals surface area contributed by atoms with E-state index in [0.29, 0.717) is 58.1 Å². The second-order valence-electron chi connectivity index (χ2n) is 16.9. The number of ether oxygens (including phenoxy) is 1. The highest BCUT2D eigenvalue weighted by atomic mass is 19.1. The summed E-state index contributed by atoms with van der Waals surface area (Å²) in [6.07, 6.45) is 1.91. The summed E-state index contributed by atoms with van der Waals surface area (Å²) >= 11 is 0. The highest BCUT2D eigenvalue weighted by Crippen LogP contribution is 2.35. The Bertz CT molecular complexity index is 2880. The first-order valence-electron chi connectivity index (χ1n) is 21.5. The van der Waals surface area contributed by atoms with Gasteiger partial charge >= 0.3 is 0 Å². The predicted molar refractivity (Wildman–Crippen MR) is 237 cm³/mol. The molecule has 0 aliphatic carbocycles. The Hall–Kier alpha value is -7.47. The van der Waals surface area contributed by atoms with E-state index in [1.165, 1.54) is 31.6 Å². The van der Waals surface area contributed by atoms with Crippen molar-refractivity contribution in [1.29, 1.82) is 0 Å². The van der Waals surface area contributed by atoms with E-state index in [2.05, 4.69) is 41.4 Å². The van der Waals surface area contributed by atoms with Gasteiger partial charge in [0.2, 0.25) is 11.8 Å². The second kappa shape index (κ2) is 16.9. The van der Waals surface area contributed by atoms with Crippen LogP contribution in [0.4, 0.5) is 26.0 Å². The largest absolute Gasteiger partial charge is 0.496 e. The molecule has 18 heteroatoms. The number of hydrogen-bond donors (Lipinski definition) is 3. The fourth-order valence-corrected chi connectivity index (χ4v) is 9.35. The number of rotatable bonds is 11. The normalized spacial score (nSPS) is 17.9. The second-order valence-corrected chi connectivity index (χ2v) is 16.9. The van der Waals surface area contributed by atoms with Crippen LogP contribution >= 0.6 is 0 Å². The van der Waals surface area contributed by atoms with Crippen LogP contribution in [0.15, 0.2) is 85.2 Å². The molecule has 0 bridgehead atoms. The smallest absolute Gasteiger partial charge is 0.255 e. The van der Waals surface area contributed by atoms with E-state index in [4.69, 9.17) is 15.6 Å². The van der Waals surface area contributed by atoms with Gasteiger partial charge < -0.3 is 30.5 Å². The Balaban J connectivity index is 0.746. The SMILES string of the molecule is COc1ccc(F)cc1C(=O)NCc1ccc(-c2nn(-c3ccc(N4CC(CN5CCN(c6ccc7c(c6)CN([C@H]6CCC(=O)NC6=O)C7=O)CC5)C4)c(F)c3)c3ncnc(N)c23)cc1. The van der Waals surface area contributed by atoms with Gasteiger partial charge in [-0.05, 0) is 66.1 Å². The van der Waals surface area contributed by atoms with Crippen LogP contribution in [0.1, 0.15) is 44.7 Å². The van der Waals surface area contributed by atoms with E-state index in [1.807, 2.05) is 42.5 Å². The molecule has 4 amide bonds. The molecule has 0 spiro atoms. The summed E-state index contributed by atoms with van der Waals surface area (Å²) in [5.41, 5.74) is 12.4. The summed E-state index contributed by atoms with van der Waals surface area (Å²) in [5.74, 6) is -1.40. The molecule has 65 heavy (non-hydrogen) atoms. The molecular weight excluding hydrogens is 837 g/mol. The zero-order valence-corrected chi connectivity index (χ0v) is 35.5. The number of amides is 4. The Labute approximate surface area is 372 Å². The number of carbonyl (C=O) groups excluding carboxylic acids is 4. The molecule has 6 aromatic rings. The lowest BCUT2D eigenvalue weighted by Gasteiger charge is -2.45. The molecule has 4 N–H and O–H groups in total. The number of methoxy groups -OCH3 is 1. The quantitative estimate of drug-likeness (QED) is 0.157. The third-order valence-electron chi connectivity index (χ3n) is 12.8. The molecule has 4 aromatic carbocycles. The van der Waals surface area contributed by atoms with Crippen LogP contribution in [0.2, 0.25) is 0 Å². The zero-order chi connectivity index (χ0) is 44.9. The number of piperazine rings is 1. The van der Waals surface area contributed by atoms with Gasteiger partial charge in [0.15, 0.2) is 5.65 Å². The Morgan fingerprint density at radius 3 is 2.45 bits per heavy atom. The fraction of sp³-hybridized carbons (Fsp3) is 0.298. The van der Waals surface area contributed by atoms with Crippen molar-refractivity contribution >= 4 is 51.9 Å². The van der Waals surface area contributed by atoms with Crippen molar-refractivity contribution in [3.05, 3.63) is 119 Å². The minimum Gasteiger partial charge on any atom is -0.496 e. The number of imide groups is 1. The molecule has 0 unspecified atom stereocenters. The Morgan fingerprint density at radius 2 is 1.69 bits per heavy atom. The van der Waals surface area contributed by atoms with Gasteiger partial charge in [-0.3, -0.25) is 29.4 Å². The van der Waals surface area contributed by atoms with Crippen LogP contribution in [-0.4, -0.2) is 112 Å². The number of carbonyl (C=O) groups is 4. The number of aromatic nitrogens is 4. The minimum atomic E-state index is -0.637. The van der Waals surface area contributed by atoms with Gasteiger partial charge in [0, 0.05) is 94.1 Å². The lowest BCUT2D eigenvalue weighted by Crippen LogP contribution is -2.55.